The summed E-state index contributed by atoms with van der Waals surface area (Å²) in [5.41, 5.74) is 0.481. The Labute approximate surface area is 144 Å². The van der Waals surface area contributed by atoms with E-state index in [1.165, 1.54) is 11.2 Å². The van der Waals surface area contributed by atoms with Crippen LogP contribution in [0.4, 0.5) is 29.3 Å². The lowest BCUT2D eigenvalue weighted by Gasteiger charge is -2.19. The second kappa shape index (κ2) is 6.69. The zero-order valence-corrected chi connectivity index (χ0v) is 13.2. The number of likely N-dealkylation sites (tertiary alicyclic amines) is 1. The monoisotopic (exact) mass is 373 g/mol. The fourth-order valence-electron chi connectivity index (χ4n) is 2.74. The summed E-state index contributed by atoms with van der Waals surface area (Å²) in [5, 5.41) is 16.0. The number of halogens is 3. The number of carbonyl (C=O) groups is 1. The smallest absolute Gasteiger partial charge is 0.405 e. The summed E-state index contributed by atoms with van der Waals surface area (Å²) in [4.78, 5) is 27.5. The quantitative estimate of drug-likeness (QED) is 0.629. The molecule has 0 aliphatic carbocycles. The number of amides is 2. The molecule has 1 aliphatic rings. The third kappa shape index (κ3) is 3.78. The minimum absolute atomic E-state index is 0.103. The summed E-state index contributed by atoms with van der Waals surface area (Å²) in [6.45, 7) is -1.09. The molecule has 12 heteroatoms. The molecule has 2 aromatic heterocycles. The van der Waals surface area contributed by atoms with Crippen LogP contribution in [-0.4, -0.2) is 52.7 Å². The summed E-state index contributed by atoms with van der Waals surface area (Å²) in [7, 11) is 0. The van der Waals surface area contributed by atoms with Gasteiger partial charge < -0.3 is 20.0 Å². The average Bonchev–Trinajstić information content (AvgIpc) is 3.20. The number of nitro groups is 1. The molecular weight excluding hydrogens is 359 g/mol. The van der Waals surface area contributed by atoms with Crippen molar-refractivity contribution in [3.8, 4) is 0 Å². The van der Waals surface area contributed by atoms with E-state index in [9.17, 15) is 28.1 Å². The number of urea groups is 1. The predicted molar refractivity (Wildman–Crippen MR) is 83.7 cm³/mol. The lowest BCUT2D eigenvalue weighted by molar-refractivity contribution is -0.384. The Morgan fingerprint density at radius 3 is 2.96 bits per heavy atom. The topological polar surface area (TPSA) is 114 Å². The van der Waals surface area contributed by atoms with Crippen molar-refractivity contribution in [2.24, 2.45) is 0 Å². The van der Waals surface area contributed by atoms with Crippen LogP contribution in [-0.2, 0) is 0 Å². The van der Waals surface area contributed by atoms with Gasteiger partial charge in [-0.3, -0.25) is 10.1 Å². The Hall–Kier alpha value is -3.05. The highest BCUT2D eigenvalue weighted by molar-refractivity contribution is 5.91. The van der Waals surface area contributed by atoms with Crippen molar-refractivity contribution in [1.29, 1.82) is 0 Å². The molecule has 0 aromatic carbocycles. The van der Waals surface area contributed by atoms with E-state index < -0.39 is 23.7 Å². The van der Waals surface area contributed by atoms with Gasteiger partial charge in [0.05, 0.1) is 11.2 Å². The van der Waals surface area contributed by atoms with Crippen LogP contribution in [0.15, 0.2) is 22.9 Å². The van der Waals surface area contributed by atoms with Gasteiger partial charge in [-0.25, -0.2) is 9.78 Å². The van der Waals surface area contributed by atoms with Crippen molar-refractivity contribution in [2.75, 3.05) is 25.0 Å². The van der Waals surface area contributed by atoms with Crippen molar-refractivity contribution < 1.29 is 27.3 Å². The molecular formula is C14H14F3N5O4. The number of fused-ring (bicyclic) bond motifs is 1. The van der Waals surface area contributed by atoms with Gasteiger partial charge in [-0.05, 0) is 6.42 Å². The van der Waals surface area contributed by atoms with E-state index in [-0.39, 0.29) is 36.1 Å². The van der Waals surface area contributed by atoms with Crippen molar-refractivity contribution in [2.45, 2.75) is 18.6 Å². The van der Waals surface area contributed by atoms with Crippen molar-refractivity contribution >= 4 is 28.5 Å². The van der Waals surface area contributed by atoms with Crippen LogP contribution in [0, 0.1) is 10.1 Å². The van der Waals surface area contributed by atoms with Gasteiger partial charge >= 0.3 is 17.9 Å². The fourth-order valence-corrected chi connectivity index (χ4v) is 2.74. The van der Waals surface area contributed by atoms with Crippen LogP contribution in [0.2, 0.25) is 0 Å². The maximum Gasteiger partial charge on any atom is 0.405 e. The van der Waals surface area contributed by atoms with Crippen LogP contribution < -0.4 is 10.6 Å². The molecule has 1 saturated heterocycles. The number of furan rings is 1. The van der Waals surface area contributed by atoms with Crippen molar-refractivity contribution in [3.63, 3.8) is 0 Å². The third-order valence-corrected chi connectivity index (χ3v) is 3.91. The van der Waals surface area contributed by atoms with Gasteiger partial charge in [0.25, 0.3) is 0 Å². The number of pyridine rings is 1. The van der Waals surface area contributed by atoms with Gasteiger partial charge in [0, 0.05) is 25.2 Å². The highest BCUT2D eigenvalue weighted by Crippen LogP contribution is 2.33. The molecule has 9 nitrogen and oxygen atoms in total. The first kappa shape index (κ1) is 17.8. The van der Waals surface area contributed by atoms with Crippen LogP contribution in [0.5, 0.6) is 0 Å². The largest absolute Gasteiger partial charge is 0.460 e. The van der Waals surface area contributed by atoms with E-state index in [2.05, 4.69) is 10.3 Å². The lowest BCUT2D eigenvalue weighted by atomic mass is 10.2. The number of carbonyl (C=O) groups excluding carboxylic acids is 1. The Morgan fingerprint density at radius 2 is 2.27 bits per heavy atom. The Bertz CT molecular complexity index is 838. The third-order valence-electron chi connectivity index (χ3n) is 3.91. The van der Waals surface area contributed by atoms with E-state index in [1.807, 2.05) is 0 Å². The van der Waals surface area contributed by atoms with Crippen molar-refractivity contribution in [1.82, 2.24) is 15.2 Å². The number of aromatic nitrogens is 1. The number of anilines is 1. The van der Waals surface area contributed by atoms with Crippen LogP contribution in [0.3, 0.4) is 0 Å². The van der Waals surface area contributed by atoms with E-state index in [1.54, 1.807) is 11.4 Å². The molecule has 2 N–H and O–H groups in total. The summed E-state index contributed by atoms with van der Waals surface area (Å²) in [6, 6.07) is 0.343. The maximum atomic E-state index is 12.2. The zero-order valence-electron chi connectivity index (χ0n) is 13.2. The first-order chi connectivity index (χ1) is 12.2. The number of hydrogen-bond acceptors (Lipinski definition) is 6. The highest BCUT2D eigenvalue weighted by Gasteiger charge is 2.32. The van der Waals surface area contributed by atoms with Crippen LogP contribution >= 0.6 is 0 Å². The van der Waals surface area contributed by atoms with Crippen LogP contribution in [0.1, 0.15) is 6.42 Å². The number of hydrogen-bond donors (Lipinski definition) is 2. The van der Waals surface area contributed by atoms with E-state index in [0.717, 1.165) is 6.20 Å². The molecule has 0 saturated carbocycles. The molecule has 2 aromatic rings. The van der Waals surface area contributed by atoms with Gasteiger partial charge in [-0.2, -0.15) is 13.2 Å². The molecule has 0 spiro atoms. The molecule has 0 radical (unpaired) electrons. The fraction of sp³-hybridized carbons (Fsp3) is 0.429. The Kier molecular flexibility index (Phi) is 4.57. The molecule has 3 rings (SSSR count). The standard InChI is InChI=1S/C14H14F3N5O4/c15-14(16,17)7-19-13(23)21-3-1-8(6-21)20-11-10(22(24)25)5-18-9-2-4-26-12(9)11/h2,4-5,8H,1,3,6-7H2,(H,18,20)(H,19,23). The van der Waals surface area contributed by atoms with E-state index >= 15 is 0 Å². The van der Waals surface area contributed by atoms with E-state index in [4.69, 9.17) is 4.42 Å². The molecule has 26 heavy (non-hydrogen) atoms. The van der Waals surface area contributed by atoms with Crippen LogP contribution in [0.25, 0.3) is 11.1 Å². The zero-order chi connectivity index (χ0) is 18.9. The van der Waals surface area contributed by atoms with Crippen molar-refractivity contribution in [3.05, 3.63) is 28.6 Å². The lowest BCUT2D eigenvalue weighted by Crippen LogP contribution is -2.43. The SMILES string of the molecule is O=C(NCC(F)(F)F)N1CCC(Nc2c([N+](=O)[O-])cnc3ccoc23)C1. The summed E-state index contributed by atoms with van der Waals surface area (Å²) in [6.07, 6.45) is -1.63. The van der Waals surface area contributed by atoms with E-state index in [0.29, 0.717) is 11.9 Å². The van der Waals surface area contributed by atoms with Gasteiger partial charge in [0.1, 0.15) is 18.3 Å². The first-order valence-electron chi connectivity index (χ1n) is 7.61. The Morgan fingerprint density at radius 1 is 1.50 bits per heavy atom. The molecule has 0 bridgehead atoms. The first-order valence-corrected chi connectivity index (χ1v) is 7.61. The molecule has 2 amide bonds. The van der Waals surface area contributed by atoms with Gasteiger partial charge in [-0.15, -0.1) is 0 Å². The summed E-state index contributed by atoms with van der Waals surface area (Å²) in [5.74, 6) is 0. The minimum Gasteiger partial charge on any atom is -0.460 e. The normalized spacial score (nSPS) is 17.5. The maximum absolute atomic E-state index is 12.2. The van der Waals surface area contributed by atoms with Gasteiger partial charge in [-0.1, -0.05) is 0 Å². The second-order valence-corrected chi connectivity index (χ2v) is 5.76. The molecule has 1 fully saturated rings. The summed E-state index contributed by atoms with van der Waals surface area (Å²) < 4.78 is 41.8. The number of alkyl halides is 3. The highest BCUT2D eigenvalue weighted by atomic mass is 19.4. The van der Waals surface area contributed by atoms with Gasteiger partial charge in [0.2, 0.25) is 0 Å². The molecule has 3 heterocycles. The molecule has 1 atom stereocenters. The molecule has 140 valence electrons. The van der Waals surface area contributed by atoms with Gasteiger partial charge in [0.15, 0.2) is 11.3 Å². The minimum atomic E-state index is -4.49. The number of nitrogens with zero attached hydrogens (tertiary/aromatic N) is 3. The second-order valence-electron chi connectivity index (χ2n) is 5.76. The molecule has 1 aliphatic heterocycles. The average molecular weight is 373 g/mol. The number of nitrogens with one attached hydrogen (secondary N) is 2. The summed E-state index contributed by atoms with van der Waals surface area (Å²) >= 11 is 0. The molecule has 1 unspecified atom stereocenters. The Balaban J connectivity index is 1.70. The predicted octanol–water partition coefficient (Wildman–Crippen LogP) is 2.49. The number of rotatable bonds is 4.